The lowest BCUT2D eigenvalue weighted by atomic mass is 9.99. The van der Waals surface area contributed by atoms with Gasteiger partial charge in [-0.3, -0.25) is 9.69 Å². The van der Waals surface area contributed by atoms with Gasteiger partial charge in [0.05, 0.1) is 5.00 Å². The van der Waals surface area contributed by atoms with Gasteiger partial charge in [-0.15, -0.1) is 11.3 Å². The molecule has 0 spiro atoms. The topological polar surface area (TPSA) is 32.3 Å². The average molecular weight is 280 g/mol. The first-order valence-electron chi connectivity index (χ1n) is 7.06. The van der Waals surface area contributed by atoms with Crippen LogP contribution in [0.3, 0.4) is 0 Å². The van der Waals surface area contributed by atoms with Crippen molar-refractivity contribution in [2.75, 3.05) is 18.4 Å². The fourth-order valence-electron chi connectivity index (χ4n) is 2.78. The molecule has 0 bridgehead atoms. The number of rotatable bonds is 3. The van der Waals surface area contributed by atoms with Gasteiger partial charge >= 0.3 is 0 Å². The zero-order valence-corrected chi connectivity index (χ0v) is 13.2. The second kappa shape index (κ2) is 6.06. The van der Waals surface area contributed by atoms with Crippen LogP contribution in [0.1, 0.15) is 42.7 Å². The number of nitrogens with zero attached hydrogens (tertiary/aromatic N) is 1. The third-order valence-corrected chi connectivity index (χ3v) is 5.09. The summed E-state index contributed by atoms with van der Waals surface area (Å²) in [7, 11) is 0. The Bertz CT molecular complexity index is 467. The summed E-state index contributed by atoms with van der Waals surface area (Å²) in [5.74, 6) is 0.813. The Labute approximate surface area is 120 Å². The molecule has 1 atom stereocenters. The molecule has 1 aromatic heterocycles. The lowest BCUT2D eigenvalue weighted by Crippen LogP contribution is -2.34. The lowest BCUT2D eigenvalue weighted by molar-refractivity contribution is -0.114. The number of nitrogens with one attached hydrogen (secondary N) is 1. The molecule has 1 N–H and O–H groups in total. The zero-order valence-electron chi connectivity index (χ0n) is 12.4. The Morgan fingerprint density at radius 2 is 2.21 bits per heavy atom. The number of carbonyl (C=O) groups excluding carboxylic acids is 1. The number of thiophene rings is 1. The summed E-state index contributed by atoms with van der Waals surface area (Å²) in [6.45, 7) is 11.5. The zero-order chi connectivity index (χ0) is 14.0. The van der Waals surface area contributed by atoms with Crippen molar-refractivity contribution in [3.05, 3.63) is 16.0 Å². The summed E-state index contributed by atoms with van der Waals surface area (Å²) >= 11 is 1.70. The van der Waals surface area contributed by atoms with Crippen LogP contribution in [0.25, 0.3) is 0 Å². The molecule has 1 saturated heterocycles. The van der Waals surface area contributed by atoms with Crippen LogP contribution in [-0.2, 0) is 11.3 Å². The molecule has 1 fully saturated rings. The number of anilines is 1. The summed E-state index contributed by atoms with van der Waals surface area (Å²) in [6, 6.07) is 0. The Balaban J connectivity index is 2.15. The smallest absolute Gasteiger partial charge is 0.221 e. The second-order valence-corrected chi connectivity index (χ2v) is 6.98. The summed E-state index contributed by atoms with van der Waals surface area (Å²) in [5.41, 5.74) is 2.65. The number of amides is 1. The minimum Gasteiger partial charge on any atom is -0.318 e. The first kappa shape index (κ1) is 14.5. The molecule has 4 heteroatoms. The first-order chi connectivity index (χ1) is 8.97. The normalized spacial score (nSPS) is 20.5. The highest BCUT2D eigenvalue weighted by Crippen LogP contribution is 2.34. The van der Waals surface area contributed by atoms with Gasteiger partial charge in [-0.05, 0) is 44.7 Å². The molecule has 2 rings (SSSR count). The summed E-state index contributed by atoms with van der Waals surface area (Å²) < 4.78 is 0. The van der Waals surface area contributed by atoms with Gasteiger partial charge in [0.2, 0.25) is 5.91 Å². The van der Waals surface area contributed by atoms with E-state index in [1.807, 2.05) is 0 Å². The van der Waals surface area contributed by atoms with E-state index in [0.717, 1.165) is 17.5 Å². The van der Waals surface area contributed by atoms with Crippen LogP contribution in [0.2, 0.25) is 0 Å². The van der Waals surface area contributed by atoms with Crippen molar-refractivity contribution in [1.29, 1.82) is 0 Å². The van der Waals surface area contributed by atoms with E-state index in [1.165, 1.54) is 41.9 Å². The number of hydrogen-bond donors (Lipinski definition) is 1. The van der Waals surface area contributed by atoms with Crippen molar-refractivity contribution in [1.82, 2.24) is 4.90 Å². The molecule has 1 aromatic rings. The van der Waals surface area contributed by atoms with E-state index < -0.39 is 0 Å². The monoisotopic (exact) mass is 280 g/mol. The van der Waals surface area contributed by atoms with Crippen molar-refractivity contribution >= 4 is 22.2 Å². The van der Waals surface area contributed by atoms with E-state index in [1.54, 1.807) is 18.3 Å². The lowest BCUT2D eigenvalue weighted by Gasteiger charge is -2.31. The predicted octanol–water partition coefficient (Wildman–Crippen LogP) is 3.56. The highest BCUT2D eigenvalue weighted by atomic mass is 32.1. The van der Waals surface area contributed by atoms with Gasteiger partial charge in [0, 0.05) is 30.5 Å². The first-order valence-corrected chi connectivity index (χ1v) is 7.87. The number of likely N-dealkylation sites (tertiary alicyclic amines) is 1. The van der Waals surface area contributed by atoms with Gasteiger partial charge in [0.15, 0.2) is 0 Å². The van der Waals surface area contributed by atoms with Gasteiger partial charge in [-0.25, -0.2) is 0 Å². The minimum absolute atomic E-state index is 0.0227. The van der Waals surface area contributed by atoms with Crippen LogP contribution in [0, 0.1) is 19.8 Å². The summed E-state index contributed by atoms with van der Waals surface area (Å²) in [6.07, 6.45) is 2.63. The molecule has 0 aromatic carbocycles. The van der Waals surface area contributed by atoms with Crippen molar-refractivity contribution in [2.24, 2.45) is 5.92 Å². The van der Waals surface area contributed by atoms with Crippen LogP contribution < -0.4 is 5.32 Å². The van der Waals surface area contributed by atoms with Crippen LogP contribution >= 0.6 is 11.3 Å². The molecular weight excluding hydrogens is 256 g/mol. The Morgan fingerprint density at radius 3 is 2.84 bits per heavy atom. The van der Waals surface area contributed by atoms with Crippen LogP contribution in [0.4, 0.5) is 5.00 Å². The highest BCUT2D eigenvalue weighted by molar-refractivity contribution is 7.16. The van der Waals surface area contributed by atoms with Gasteiger partial charge < -0.3 is 5.32 Å². The fraction of sp³-hybridized carbons (Fsp3) is 0.667. The van der Waals surface area contributed by atoms with Gasteiger partial charge in [0.25, 0.3) is 0 Å². The predicted molar refractivity (Wildman–Crippen MR) is 81.8 cm³/mol. The fourth-order valence-corrected chi connectivity index (χ4v) is 3.90. The molecule has 1 aliphatic rings. The molecule has 19 heavy (non-hydrogen) atoms. The van der Waals surface area contributed by atoms with E-state index in [2.05, 4.69) is 31.0 Å². The molecule has 3 nitrogen and oxygen atoms in total. The van der Waals surface area contributed by atoms with Gasteiger partial charge in [-0.2, -0.15) is 0 Å². The molecule has 1 aliphatic heterocycles. The maximum Gasteiger partial charge on any atom is 0.221 e. The minimum atomic E-state index is 0.0227. The van der Waals surface area contributed by atoms with Crippen LogP contribution in [-0.4, -0.2) is 23.9 Å². The second-order valence-electron chi connectivity index (χ2n) is 5.75. The van der Waals surface area contributed by atoms with Gasteiger partial charge in [0.1, 0.15) is 0 Å². The van der Waals surface area contributed by atoms with E-state index in [0.29, 0.717) is 0 Å². The maximum absolute atomic E-state index is 11.3. The molecule has 0 saturated carbocycles. The van der Waals surface area contributed by atoms with E-state index in [4.69, 9.17) is 0 Å². The number of carbonyl (C=O) groups is 1. The average Bonchev–Trinajstić information content (AvgIpc) is 2.56. The Hall–Kier alpha value is -0.870. The van der Waals surface area contributed by atoms with Crippen molar-refractivity contribution in [3.8, 4) is 0 Å². The Morgan fingerprint density at radius 1 is 1.47 bits per heavy atom. The van der Waals surface area contributed by atoms with Crippen molar-refractivity contribution < 1.29 is 4.79 Å². The Kier molecular flexibility index (Phi) is 4.63. The van der Waals surface area contributed by atoms with Crippen LogP contribution in [0.5, 0.6) is 0 Å². The van der Waals surface area contributed by atoms with Crippen molar-refractivity contribution in [3.63, 3.8) is 0 Å². The highest BCUT2D eigenvalue weighted by Gasteiger charge is 2.20. The standard InChI is InChI=1S/C15H24N2OS/c1-10-6-5-7-17(8-10)9-14-11(2)12(3)19-15(14)16-13(4)18/h10H,5-9H2,1-4H3,(H,16,18)/t10-/m1/s1. The summed E-state index contributed by atoms with van der Waals surface area (Å²) in [4.78, 5) is 15.1. The van der Waals surface area contributed by atoms with E-state index in [9.17, 15) is 4.79 Å². The molecule has 1 amide bonds. The third-order valence-electron chi connectivity index (χ3n) is 3.92. The number of hydrogen-bond acceptors (Lipinski definition) is 3. The van der Waals surface area contributed by atoms with Gasteiger partial charge in [-0.1, -0.05) is 6.92 Å². The van der Waals surface area contributed by atoms with E-state index >= 15 is 0 Å². The molecule has 0 unspecified atom stereocenters. The quantitative estimate of drug-likeness (QED) is 0.918. The number of aryl methyl sites for hydroxylation is 1. The SMILES string of the molecule is CC(=O)Nc1sc(C)c(C)c1CN1CCC[C@@H](C)C1. The number of piperidine rings is 1. The molecule has 106 valence electrons. The van der Waals surface area contributed by atoms with Crippen molar-refractivity contribution in [2.45, 2.75) is 47.1 Å². The molecule has 2 heterocycles. The molecular formula is C15H24N2OS. The molecule has 0 radical (unpaired) electrons. The van der Waals surface area contributed by atoms with Crippen LogP contribution in [0.15, 0.2) is 0 Å². The largest absolute Gasteiger partial charge is 0.318 e. The van der Waals surface area contributed by atoms with E-state index in [-0.39, 0.29) is 5.91 Å². The third kappa shape index (κ3) is 3.57. The summed E-state index contributed by atoms with van der Waals surface area (Å²) in [5, 5.41) is 4.03. The maximum atomic E-state index is 11.3. The molecule has 0 aliphatic carbocycles.